The molecule has 0 atom stereocenters. The second-order valence-corrected chi connectivity index (χ2v) is 5.50. The Morgan fingerprint density at radius 3 is 3.08 bits per heavy atom. The van der Waals surface area contributed by atoms with E-state index in [1.807, 2.05) is 18.0 Å². The minimum Gasteiger partial charge on any atom is -0.294 e. The van der Waals surface area contributed by atoms with Crippen molar-refractivity contribution in [3.8, 4) is 0 Å². The van der Waals surface area contributed by atoms with E-state index in [-0.39, 0.29) is 5.78 Å². The zero-order chi connectivity index (χ0) is 8.72. The fourth-order valence-electron chi connectivity index (χ4n) is 1.38. The first kappa shape index (κ1) is 8.41. The predicted molar refractivity (Wildman–Crippen MR) is 52.7 cm³/mol. The van der Waals surface area contributed by atoms with Gasteiger partial charge in [0.2, 0.25) is 0 Å². The van der Waals surface area contributed by atoms with Crippen LogP contribution in [-0.4, -0.2) is 24.3 Å². The molecule has 4 heteroatoms. The summed E-state index contributed by atoms with van der Waals surface area (Å²) in [6.45, 7) is 1.45. The molecule has 0 saturated heterocycles. The van der Waals surface area contributed by atoms with Crippen molar-refractivity contribution in [3.05, 3.63) is 20.3 Å². The number of fused-ring (bicyclic) bond motifs is 1. The van der Waals surface area contributed by atoms with Gasteiger partial charge in [-0.25, -0.2) is 0 Å². The smallest absolute Gasteiger partial charge is 0.178 e. The molecule has 0 amide bonds. The second kappa shape index (κ2) is 2.94. The van der Waals surface area contributed by atoms with Crippen LogP contribution in [0.5, 0.6) is 0 Å². The number of thiophene rings is 1. The van der Waals surface area contributed by atoms with E-state index in [0.29, 0.717) is 6.54 Å². The molecule has 1 aromatic rings. The number of hydrogen-bond acceptors (Lipinski definition) is 3. The number of carbonyl (C=O) groups is 1. The molecule has 2 rings (SSSR count). The highest BCUT2D eigenvalue weighted by Gasteiger charge is 2.22. The largest absolute Gasteiger partial charge is 0.294 e. The van der Waals surface area contributed by atoms with Crippen molar-refractivity contribution in [2.24, 2.45) is 0 Å². The van der Waals surface area contributed by atoms with Crippen molar-refractivity contribution in [2.75, 3.05) is 13.6 Å². The average molecular weight is 246 g/mol. The molecule has 1 aliphatic rings. The van der Waals surface area contributed by atoms with E-state index in [2.05, 4.69) is 15.9 Å². The van der Waals surface area contributed by atoms with Gasteiger partial charge >= 0.3 is 0 Å². The zero-order valence-electron chi connectivity index (χ0n) is 6.63. The Morgan fingerprint density at radius 1 is 1.58 bits per heavy atom. The second-order valence-electron chi connectivity index (χ2n) is 2.98. The normalized spacial score (nSPS) is 18.0. The Labute approximate surface area is 83.3 Å². The summed E-state index contributed by atoms with van der Waals surface area (Å²) in [6.07, 6.45) is 0. The van der Waals surface area contributed by atoms with E-state index in [4.69, 9.17) is 0 Å². The summed E-state index contributed by atoms with van der Waals surface area (Å²) in [6, 6.07) is 1.93. The lowest BCUT2D eigenvalue weighted by atomic mass is 10.1. The minimum atomic E-state index is 0.237. The molecule has 0 aliphatic carbocycles. The highest BCUT2D eigenvalue weighted by atomic mass is 79.9. The first-order chi connectivity index (χ1) is 5.66. The molecule has 12 heavy (non-hydrogen) atoms. The van der Waals surface area contributed by atoms with Crippen LogP contribution in [0.25, 0.3) is 0 Å². The van der Waals surface area contributed by atoms with Crippen molar-refractivity contribution >= 4 is 33.0 Å². The molecule has 0 radical (unpaired) electrons. The van der Waals surface area contributed by atoms with Gasteiger partial charge < -0.3 is 0 Å². The van der Waals surface area contributed by atoms with Crippen molar-refractivity contribution < 1.29 is 4.79 Å². The monoisotopic (exact) mass is 245 g/mol. The third-order valence-corrected chi connectivity index (χ3v) is 3.53. The molecule has 0 fully saturated rings. The van der Waals surface area contributed by atoms with Gasteiger partial charge in [0.25, 0.3) is 0 Å². The molecule has 1 aliphatic heterocycles. The maximum Gasteiger partial charge on any atom is 0.178 e. The van der Waals surface area contributed by atoms with E-state index in [1.165, 1.54) is 4.88 Å². The van der Waals surface area contributed by atoms with Crippen LogP contribution in [0.2, 0.25) is 0 Å². The van der Waals surface area contributed by atoms with Gasteiger partial charge in [0.15, 0.2) is 5.78 Å². The summed E-state index contributed by atoms with van der Waals surface area (Å²) in [5, 5.41) is 0. The third-order valence-electron chi connectivity index (χ3n) is 1.91. The summed E-state index contributed by atoms with van der Waals surface area (Å²) >= 11 is 5.04. The van der Waals surface area contributed by atoms with Crippen LogP contribution in [0.4, 0.5) is 0 Å². The van der Waals surface area contributed by atoms with Crippen LogP contribution in [0.15, 0.2) is 9.85 Å². The lowest BCUT2D eigenvalue weighted by Gasteiger charge is -2.20. The molecular formula is C8H8BrNOS. The zero-order valence-corrected chi connectivity index (χ0v) is 9.04. The molecule has 64 valence electrons. The Kier molecular flexibility index (Phi) is 2.06. The summed E-state index contributed by atoms with van der Waals surface area (Å²) in [5.41, 5.74) is 0.907. The number of Topliss-reactive ketones (excluding diaryl/α,β-unsaturated/α-hetero) is 1. The Hall–Kier alpha value is -0.190. The van der Waals surface area contributed by atoms with Crippen LogP contribution in [0, 0.1) is 0 Å². The van der Waals surface area contributed by atoms with Gasteiger partial charge in [0.1, 0.15) is 0 Å². The molecule has 0 aromatic carbocycles. The van der Waals surface area contributed by atoms with Crippen molar-refractivity contribution in [1.82, 2.24) is 4.90 Å². The molecule has 2 nitrogen and oxygen atoms in total. The third kappa shape index (κ3) is 1.34. The topological polar surface area (TPSA) is 20.3 Å². The number of rotatable bonds is 0. The number of likely N-dealkylation sites (N-methyl/N-ethyl adjacent to an activating group) is 1. The Bertz CT molecular complexity index is 334. The molecule has 0 saturated carbocycles. The van der Waals surface area contributed by atoms with E-state index >= 15 is 0 Å². The summed E-state index contributed by atoms with van der Waals surface area (Å²) in [7, 11) is 1.97. The number of halogens is 1. The van der Waals surface area contributed by atoms with Gasteiger partial charge in [0, 0.05) is 17.0 Å². The lowest BCUT2D eigenvalue weighted by Crippen LogP contribution is -2.30. The van der Waals surface area contributed by atoms with Gasteiger partial charge in [-0.3, -0.25) is 9.69 Å². The van der Waals surface area contributed by atoms with Crippen molar-refractivity contribution in [3.63, 3.8) is 0 Å². The number of hydrogen-bond donors (Lipinski definition) is 0. The fraction of sp³-hybridized carbons (Fsp3) is 0.375. The van der Waals surface area contributed by atoms with Gasteiger partial charge in [-0.2, -0.15) is 0 Å². The Morgan fingerprint density at radius 2 is 2.33 bits per heavy atom. The maximum atomic E-state index is 11.5. The molecule has 2 heterocycles. The summed E-state index contributed by atoms with van der Waals surface area (Å²) in [5.74, 6) is 0.237. The van der Waals surface area contributed by atoms with Crippen LogP contribution in [0.1, 0.15) is 15.2 Å². The van der Waals surface area contributed by atoms with Gasteiger partial charge in [0.05, 0.1) is 10.3 Å². The van der Waals surface area contributed by atoms with Crippen molar-refractivity contribution in [2.45, 2.75) is 6.54 Å². The standard InChI is InChI=1S/C8H8BrNOS/c1-10-3-6(11)5-2-8(9)12-7(5)4-10/h2H,3-4H2,1H3. The molecule has 0 N–H and O–H groups in total. The average Bonchev–Trinajstić information content (AvgIpc) is 2.29. The highest BCUT2D eigenvalue weighted by Crippen LogP contribution is 2.30. The van der Waals surface area contributed by atoms with Crippen LogP contribution in [-0.2, 0) is 6.54 Å². The molecule has 0 spiro atoms. The highest BCUT2D eigenvalue weighted by molar-refractivity contribution is 9.11. The maximum absolute atomic E-state index is 11.5. The van der Waals surface area contributed by atoms with Crippen LogP contribution in [0.3, 0.4) is 0 Å². The lowest BCUT2D eigenvalue weighted by molar-refractivity contribution is 0.0925. The predicted octanol–water partition coefficient (Wildman–Crippen LogP) is 2.14. The van der Waals surface area contributed by atoms with Gasteiger partial charge in [-0.1, -0.05) is 0 Å². The Balaban J connectivity index is 2.46. The minimum absolute atomic E-state index is 0.237. The number of carbonyl (C=O) groups excluding carboxylic acids is 1. The summed E-state index contributed by atoms with van der Waals surface area (Å²) < 4.78 is 1.05. The molecular weight excluding hydrogens is 238 g/mol. The van der Waals surface area contributed by atoms with E-state index in [9.17, 15) is 4.79 Å². The van der Waals surface area contributed by atoms with Crippen LogP contribution < -0.4 is 0 Å². The number of nitrogens with zero attached hydrogens (tertiary/aromatic N) is 1. The molecule has 0 unspecified atom stereocenters. The SMILES string of the molecule is CN1CC(=O)c2cc(Br)sc2C1. The van der Waals surface area contributed by atoms with Gasteiger partial charge in [-0.05, 0) is 29.0 Å². The van der Waals surface area contributed by atoms with E-state index in [1.54, 1.807) is 11.3 Å². The molecule has 1 aromatic heterocycles. The quantitative estimate of drug-likeness (QED) is 0.699. The van der Waals surface area contributed by atoms with Crippen molar-refractivity contribution in [1.29, 1.82) is 0 Å². The summed E-state index contributed by atoms with van der Waals surface area (Å²) in [4.78, 5) is 14.7. The van der Waals surface area contributed by atoms with E-state index in [0.717, 1.165) is 15.9 Å². The first-order valence-electron chi connectivity index (χ1n) is 3.67. The van der Waals surface area contributed by atoms with Crippen LogP contribution >= 0.6 is 27.3 Å². The number of ketones is 1. The molecule has 0 bridgehead atoms. The fourth-order valence-corrected chi connectivity index (χ4v) is 3.18. The van der Waals surface area contributed by atoms with E-state index < -0.39 is 0 Å². The first-order valence-corrected chi connectivity index (χ1v) is 5.27. The van der Waals surface area contributed by atoms with Gasteiger partial charge in [-0.15, -0.1) is 11.3 Å².